The highest BCUT2D eigenvalue weighted by molar-refractivity contribution is 5.85. The van der Waals surface area contributed by atoms with Gasteiger partial charge in [-0.05, 0) is 24.1 Å². The highest BCUT2D eigenvalue weighted by Crippen LogP contribution is 2.34. The largest absolute Gasteiger partial charge is 0.341 e. The van der Waals surface area contributed by atoms with Crippen LogP contribution in [0.4, 0.5) is 0 Å². The first-order chi connectivity index (χ1) is 9.86. The molecule has 0 spiro atoms. The van der Waals surface area contributed by atoms with E-state index in [-0.39, 0.29) is 0 Å². The van der Waals surface area contributed by atoms with Crippen molar-refractivity contribution in [3.05, 3.63) is 71.4 Å². The van der Waals surface area contributed by atoms with Gasteiger partial charge < -0.3 is 9.88 Å². The van der Waals surface area contributed by atoms with E-state index in [1.54, 1.807) is 0 Å². The maximum Gasteiger partial charge on any atom is 0.0734 e. The predicted molar refractivity (Wildman–Crippen MR) is 83.0 cm³/mol. The third-order valence-corrected chi connectivity index (χ3v) is 4.36. The van der Waals surface area contributed by atoms with Gasteiger partial charge in [-0.1, -0.05) is 48.5 Å². The lowest BCUT2D eigenvalue weighted by Crippen LogP contribution is -2.34. The zero-order valence-corrected chi connectivity index (χ0v) is 11.6. The quantitative estimate of drug-likeness (QED) is 0.708. The average molecular weight is 262 g/mol. The van der Waals surface area contributed by atoms with Gasteiger partial charge in [0.2, 0.25) is 0 Å². The SMILES string of the molecule is Cc1c2n(c3ccccc13)CCN[C@H]2c1ccccc1. The molecule has 1 aliphatic rings. The molecule has 1 atom stereocenters. The van der Waals surface area contributed by atoms with Gasteiger partial charge in [-0.25, -0.2) is 0 Å². The lowest BCUT2D eigenvalue weighted by atomic mass is 9.99. The Kier molecular flexibility index (Phi) is 2.64. The number of nitrogens with one attached hydrogen (secondary N) is 1. The number of nitrogens with zero attached hydrogens (tertiary/aromatic N) is 1. The Labute approximate surface area is 119 Å². The van der Waals surface area contributed by atoms with Crippen molar-refractivity contribution in [1.29, 1.82) is 0 Å². The highest BCUT2D eigenvalue weighted by Gasteiger charge is 2.25. The van der Waals surface area contributed by atoms with Crippen molar-refractivity contribution in [1.82, 2.24) is 9.88 Å². The summed E-state index contributed by atoms with van der Waals surface area (Å²) in [7, 11) is 0. The predicted octanol–water partition coefficient (Wildman–Crippen LogP) is 3.64. The number of rotatable bonds is 1. The first-order valence-corrected chi connectivity index (χ1v) is 7.22. The standard InChI is InChI=1S/C18H18N2/c1-13-15-9-5-6-10-16(15)20-12-11-19-17(18(13)20)14-7-3-2-4-8-14/h2-10,17,19H,11-12H2,1H3/t17-/m0/s1. The van der Waals surface area contributed by atoms with Crippen molar-refractivity contribution in [3.63, 3.8) is 0 Å². The molecule has 0 fully saturated rings. The molecule has 2 heteroatoms. The van der Waals surface area contributed by atoms with Crippen molar-refractivity contribution in [3.8, 4) is 0 Å². The van der Waals surface area contributed by atoms with Crippen LogP contribution in [0.25, 0.3) is 10.9 Å². The molecule has 0 radical (unpaired) electrons. The van der Waals surface area contributed by atoms with Crippen LogP contribution in [-0.4, -0.2) is 11.1 Å². The van der Waals surface area contributed by atoms with Crippen LogP contribution in [0.2, 0.25) is 0 Å². The second-order valence-corrected chi connectivity index (χ2v) is 5.48. The Morgan fingerprint density at radius 3 is 2.60 bits per heavy atom. The monoisotopic (exact) mass is 262 g/mol. The fraction of sp³-hybridized carbons (Fsp3) is 0.222. The molecule has 0 unspecified atom stereocenters. The summed E-state index contributed by atoms with van der Waals surface area (Å²) >= 11 is 0. The minimum absolute atomic E-state index is 0.303. The molecule has 1 aromatic heterocycles. The second-order valence-electron chi connectivity index (χ2n) is 5.48. The molecule has 1 aliphatic heterocycles. The zero-order chi connectivity index (χ0) is 13.5. The van der Waals surface area contributed by atoms with Gasteiger partial charge in [0.1, 0.15) is 0 Å². The molecule has 0 saturated heterocycles. The van der Waals surface area contributed by atoms with E-state index in [2.05, 4.69) is 71.4 Å². The van der Waals surface area contributed by atoms with Crippen LogP contribution in [-0.2, 0) is 6.54 Å². The first-order valence-electron chi connectivity index (χ1n) is 7.22. The molecule has 20 heavy (non-hydrogen) atoms. The third-order valence-electron chi connectivity index (χ3n) is 4.36. The van der Waals surface area contributed by atoms with Crippen LogP contribution in [0.15, 0.2) is 54.6 Å². The third kappa shape index (κ3) is 1.61. The van der Waals surface area contributed by atoms with Crippen LogP contribution in [0.1, 0.15) is 22.9 Å². The average Bonchev–Trinajstić information content (AvgIpc) is 2.82. The summed E-state index contributed by atoms with van der Waals surface area (Å²) < 4.78 is 2.48. The van der Waals surface area contributed by atoms with Gasteiger partial charge in [0, 0.05) is 29.7 Å². The summed E-state index contributed by atoms with van der Waals surface area (Å²) in [6.07, 6.45) is 0. The van der Waals surface area contributed by atoms with E-state index >= 15 is 0 Å². The lowest BCUT2D eigenvalue weighted by molar-refractivity contribution is 0.473. The van der Waals surface area contributed by atoms with Gasteiger partial charge in [0.05, 0.1) is 6.04 Å². The number of fused-ring (bicyclic) bond motifs is 3. The van der Waals surface area contributed by atoms with Gasteiger partial charge in [-0.3, -0.25) is 0 Å². The number of aromatic nitrogens is 1. The summed E-state index contributed by atoms with van der Waals surface area (Å²) in [6.45, 7) is 4.31. The van der Waals surface area contributed by atoms with Crippen LogP contribution in [0, 0.1) is 6.92 Å². The summed E-state index contributed by atoms with van der Waals surface area (Å²) in [6, 6.07) is 19.8. The zero-order valence-electron chi connectivity index (χ0n) is 11.6. The van der Waals surface area contributed by atoms with Crippen molar-refractivity contribution >= 4 is 10.9 Å². The molecule has 3 aromatic rings. The van der Waals surface area contributed by atoms with E-state index in [4.69, 9.17) is 0 Å². The first kappa shape index (κ1) is 11.7. The number of hydrogen-bond acceptors (Lipinski definition) is 1. The number of benzene rings is 2. The van der Waals surface area contributed by atoms with E-state index in [1.807, 2.05) is 0 Å². The Balaban J connectivity index is 1.97. The minimum atomic E-state index is 0.303. The van der Waals surface area contributed by atoms with Gasteiger partial charge in [0.25, 0.3) is 0 Å². The molecule has 0 bridgehead atoms. The van der Waals surface area contributed by atoms with Crippen LogP contribution in [0.3, 0.4) is 0 Å². The fourth-order valence-electron chi connectivity index (χ4n) is 3.45. The fourth-order valence-corrected chi connectivity index (χ4v) is 3.45. The Bertz CT molecular complexity index is 756. The highest BCUT2D eigenvalue weighted by atomic mass is 15.1. The Hall–Kier alpha value is -2.06. The molecular weight excluding hydrogens is 244 g/mol. The van der Waals surface area contributed by atoms with E-state index < -0.39 is 0 Å². The van der Waals surface area contributed by atoms with Crippen LogP contribution >= 0.6 is 0 Å². The van der Waals surface area contributed by atoms with E-state index in [0.717, 1.165) is 13.1 Å². The molecule has 0 aliphatic carbocycles. The topological polar surface area (TPSA) is 17.0 Å². The van der Waals surface area contributed by atoms with Crippen LogP contribution in [0.5, 0.6) is 0 Å². The molecule has 2 aromatic carbocycles. The van der Waals surface area contributed by atoms with Gasteiger partial charge >= 0.3 is 0 Å². The lowest BCUT2D eigenvalue weighted by Gasteiger charge is -2.28. The minimum Gasteiger partial charge on any atom is -0.341 e. The Morgan fingerprint density at radius 2 is 1.75 bits per heavy atom. The molecule has 2 heterocycles. The van der Waals surface area contributed by atoms with Crippen molar-refractivity contribution in [2.24, 2.45) is 0 Å². The molecule has 0 saturated carbocycles. The summed E-state index contributed by atoms with van der Waals surface area (Å²) in [5, 5.41) is 5.05. The van der Waals surface area contributed by atoms with Crippen LogP contribution < -0.4 is 5.32 Å². The maximum atomic E-state index is 3.67. The molecule has 100 valence electrons. The molecule has 2 nitrogen and oxygen atoms in total. The summed E-state index contributed by atoms with van der Waals surface area (Å²) in [4.78, 5) is 0. The van der Waals surface area contributed by atoms with E-state index in [1.165, 1.54) is 27.7 Å². The number of para-hydroxylation sites is 1. The van der Waals surface area contributed by atoms with E-state index in [0.29, 0.717) is 6.04 Å². The maximum absolute atomic E-state index is 3.67. The van der Waals surface area contributed by atoms with E-state index in [9.17, 15) is 0 Å². The van der Waals surface area contributed by atoms with Gasteiger partial charge in [-0.15, -0.1) is 0 Å². The molecular formula is C18H18N2. The molecule has 4 rings (SSSR count). The number of aryl methyl sites for hydroxylation is 1. The van der Waals surface area contributed by atoms with Gasteiger partial charge in [-0.2, -0.15) is 0 Å². The normalized spacial score (nSPS) is 18.1. The summed E-state index contributed by atoms with van der Waals surface area (Å²) in [5.41, 5.74) is 5.53. The van der Waals surface area contributed by atoms with Gasteiger partial charge in [0.15, 0.2) is 0 Å². The van der Waals surface area contributed by atoms with Crippen molar-refractivity contribution < 1.29 is 0 Å². The van der Waals surface area contributed by atoms with Crippen molar-refractivity contribution in [2.45, 2.75) is 19.5 Å². The summed E-state index contributed by atoms with van der Waals surface area (Å²) in [5.74, 6) is 0. The second kappa shape index (κ2) is 4.50. The Morgan fingerprint density at radius 1 is 1.00 bits per heavy atom. The molecule has 1 N–H and O–H groups in total. The smallest absolute Gasteiger partial charge is 0.0734 e. The number of hydrogen-bond donors (Lipinski definition) is 1. The molecule has 0 amide bonds. The van der Waals surface area contributed by atoms with Crippen molar-refractivity contribution in [2.75, 3.05) is 6.54 Å².